The number of benzene rings is 2. The van der Waals surface area contributed by atoms with Gasteiger partial charge < -0.3 is 20.3 Å². The molecule has 7 nitrogen and oxygen atoms in total. The summed E-state index contributed by atoms with van der Waals surface area (Å²) in [6, 6.07) is 9.97. The normalized spacial score (nSPS) is 22.7. The largest absolute Gasteiger partial charge is 0.486 e. The number of amides is 1. The number of rotatable bonds is 8. The Kier molecular flexibility index (Phi) is 7.95. The molecule has 0 aliphatic carbocycles. The van der Waals surface area contributed by atoms with Crippen LogP contribution in [0, 0.1) is 5.92 Å². The number of likely N-dealkylation sites (tertiary alicyclic amines) is 1. The van der Waals surface area contributed by atoms with Crippen LogP contribution in [0.1, 0.15) is 18.4 Å². The summed E-state index contributed by atoms with van der Waals surface area (Å²) in [6.45, 7) is 1.33. The van der Waals surface area contributed by atoms with E-state index in [-0.39, 0.29) is 39.1 Å². The van der Waals surface area contributed by atoms with Crippen LogP contribution in [0.25, 0.3) is 0 Å². The van der Waals surface area contributed by atoms with E-state index in [2.05, 4.69) is 22.6 Å². The molecule has 3 unspecified atom stereocenters. The summed E-state index contributed by atoms with van der Waals surface area (Å²) < 4.78 is 56.4. The Hall–Kier alpha value is -2.27. The molecule has 0 aromatic heterocycles. The first kappa shape index (κ1) is 25.8. The maximum absolute atomic E-state index is 13.1. The van der Waals surface area contributed by atoms with Crippen LogP contribution in [0.15, 0.2) is 52.3 Å². The van der Waals surface area contributed by atoms with Crippen LogP contribution in [0.2, 0.25) is 5.02 Å². The Bertz CT molecular complexity index is 1160. The number of hydrogen-bond acceptors (Lipinski definition) is 6. The first-order valence-electron chi connectivity index (χ1n) is 11.4. The molecule has 0 spiro atoms. The van der Waals surface area contributed by atoms with Gasteiger partial charge in [0.1, 0.15) is 17.3 Å². The SMILES string of the molecule is CN1CCC2NC(C(=O)NCc3ccc(S(=O)(=O)c4cc(Cl)ccc4OCC(F)F)cc3)CC2C1. The van der Waals surface area contributed by atoms with Gasteiger partial charge in [-0.3, -0.25) is 4.79 Å². The van der Waals surface area contributed by atoms with E-state index in [1.807, 2.05) is 0 Å². The number of halogens is 3. The average Bonchev–Trinajstić information content (AvgIpc) is 3.25. The minimum atomic E-state index is -4.07. The number of sulfone groups is 1. The molecule has 2 heterocycles. The van der Waals surface area contributed by atoms with Crippen molar-refractivity contribution in [2.75, 3.05) is 26.7 Å². The van der Waals surface area contributed by atoms with Gasteiger partial charge in [0.25, 0.3) is 6.43 Å². The van der Waals surface area contributed by atoms with E-state index in [4.69, 9.17) is 16.3 Å². The van der Waals surface area contributed by atoms with Crippen molar-refractivity contribution >= 4 is 27.3 Å². The highest BCUT2D eigenvalue weighted by atomic mass is 35.5. The first-order valence-corrected chi connectivity index (χ1v) is 13.3. The predicted octanol–water partition coefficient (Wildman–Crippen LogP) is 3.12. The van der Waals surface area contributed by atoms with E-state index in [1.165, 1.54) is 30.3 Å². The van der Waals surface area contributed by atoms with Crippen molar-refractivity contribution in [2.24, 2.45) is 5.92 Å². The number of alkyl halides is 2. The molecule has 2 aliphatic rings. The van der Waals surface area contributed by atoms with Crippen LogP contribution < -0.4 is 15.4 Å². The number of ether oxygens (including phenoxy) is 1. The highest BCUT2D eigenvalue weighted by molar-refractivity contribution is 7.91. The lowest BCUT2D eigenvalue weighted by Crippen LogP contribution is -2.45. The molecule has 2 aliphatic heterocycles. The van der Waals surface area contributed by atoms with Gasteiger partial charge in [-0.05, 0) is 68.2 Å². The van der Waals surface area contributed by atoms with E-state index < -0.39 is 22.9 Å². The van der Waals surface area contributed by atoms with Gasteiger partial charge in [-0.2, -0.15) is 0 Å². The van der Waals surface area contributed by atoms with E-state index >= 15 is 0 Å². The molecule has 35 heavy (non-hydrogen) atoms. The van der Waals surface area contributed by atoms with E-state index in [0.29, 0.717) is 12.0 Å². The summed E-state index contributed by atoms with van der Waals surface area (Å²) in [5.74, 6) is 0.204. The van der Waals surface area contributed by atoms with Crippen LogP contribution >= 0.6 is 11.6 Å². The summed E-state index contributed by atoms with van der Waals surface area (Å²) in [5.41, 5.74) is 0.729. The molecular formula is C24H28ClF2N3O4S. The van der Waals surface area contributed by atoms with Crippen molar-refractivity contribution in [3.05, 3.63) is 53.1 Å². The molecule has 2 aromatic rings. The zero-order chi connectivity index (χ0) is 25.2. The topological polar surface area (TPSA) is 87.7 Å². The molecule has 3 atom stereocenters. The van der Waals surface area contributed by atoms with Crippen molar-refractivity contribution < 1.29 is 26.7 Å². The van der Waals surface area contributed by atoms with Crippen LogP contribution in [0.5, 0.6) is 5.75 Å². The Morgan fingerprint density at radius 2 is 2.00 bits per heavy atom. The minimum Gasteiger partial charge on any atom is -0.486 e. The monoisotopic (exact) mass is 527 g/mol. The van der Waals surface area contributed by atoms with Gasteiger partial charge in [0.05, 0.1) is 10.9 Å². The maximum atomic E-state index is 13.1. The van der Waals surface area contributed by atoms with Crippen LogP contribution in [-0.2, 0) is 21.2 Å². The lowest BCUT2D eigenvalue weighted by molar-refractivity contribution is -0.123. The Morgan fingerprint density at radius 3 is 2.71 bits per heavy atom. The molecular weight excluding hydrogens is 500 g/mol. The number of nitrogens with zero attached hydrogens (tertiary/aromatic N) is 1. The van der Waals surface area contributed by atoms with Gasteiger partial charge in [0.15, 0.2) is 0 Å². The number of carbonyl (C=O) groups is 1. The third-order valence-electron chi connectivity index (χ3n) is 6.47. The standard InChI is InChI=1S/C24H28ClF2N3O4S/c1-30-9-8-19-16(13-30)10-20(29-19)24(31)28-12-15-2-5-18(6-3-15)35(32,33)22-11-17(25)4-7-21(22)34-14-23(26)27/h2-7,11,16,19-20,23,29H,8-10,12-14H2,1H3,(H,28,31). The summed E-state index contributed by atoms with van der Waals surface area (Å²) in [5, 5.41) is 6.50. The van der Waals surface area contributed by atoms with Crippen molar-refractivity contribution in [1.82, 2.24) is 15.5 Å². The second kappa shape index (κ2) is 10.8. The molecule has 2 N–H and O–H groups in total. The van der Waals surface area contributed by atoms with Gasteiger partial charge >= 0.3 is 0 Å². The van der Waals surface area contributed by atoms with Gasteiger partial charge in [-0.1, -0.05) is 23.7 Å². The van der Waals surface area contributed by atoms with Crippen molar-refractivity contribution in [3.8, 4) is 5.75 Å². The molecule has 190 valence electrons. The van der Waals surface area contributed by atoms with Gasteiger partial charge in [-0.25, -0.2) is 17.2 Å². The third kappa shape index (κ3) is 6.11. The van der Waals surface area contributed by atoms with Crippen molar-refractivity contribution in [3.63, 3.8) is 0 Å². The van der Waals surface area contributed by atoms with Crippen LogP contribution in [0.4, 0.5) is 8.78 Å². The van der Waals surface area contributed by atoms with Crippen molar-refractivity contribution in [2.45, 2.75) is 47.7 Å². The van der Waals surface area contributed by atoms with Crippen LogP contribution in [-0.4, -0.2) is 64.5 Å². The van der Waals surface area contributed by atoms with Crippen LogP contribution in [0.3, 0.4) is 0 Å². The molecule has 0 saturated carbocycles. The quantitative estimate of drug-likeness (QED) is 0.548. The van der Waals surface area contributed by atoms with Gasteiger partial charge in [-0.15, -0.1) is 0 Å². The zero-order valence-electron chi connectivity index (χ0n) is 19.2. The smallest absolute Gasteiger partial charge is 0.272 e. The Balaban J connectivity index is 1.40. The lowest BCUT2D eigenvalue weighted by Gasteiger charge is -2.31. The summed E-state index contributed by atoms with van der Waals surface area (Å²) >= 11 is 5.95. The van der Waals surface area contributed by atoms with Gasteiger partial charge in [0, 0.05) is 24.2 Å². The fourth-order valence-corrected chi connectivity index (χ4v) is 6.33. The molecule has 2 aromatic carbocycles. The molecule has 11 heteroatoms. The van der Waals surface area contributed by atoms with E-state index in [0.717, 1.165) is 31.5 Å². The lowest BCUT2D eigenvalue weighted by atomic mass is 9.93. The Morgan fingerprint density at radius 1 is 1.26 bits per heavy atom. The number of fused-ring (bicyclic) bond motifs is 1. The van der Waals surface area contributed by atoms with E-state index in [9.17, 15) is 22.0 Å². The van der Waals surface area contributed by atoms with Crippen molar-refractivity contribution in [1.29, 1.82) is 0 Å². The molecule has 0 bridgehead atoms. The fraction of sp³-hybridized carbons (Fsp3) is 0.458. The highest BCUT2D eigenvalue weighted by Gasteiger charge is 2.39. The molecule has 2 saturated heterocycles. The third-order valence-corrected chi connectivity index (χ3v) is 8.49. The number of hydrogen-bond donors (Lipinski definition) is 2. The Labute approximate surface area is 208 Å². The minimum absolute atomic E-state index is 0.0394. The number of carbonyl (C=O) groups excluding carboxylic acids is 1. The molecule has 4 rings (SSSR count). The summed E-state index contributed by atoms with van der Waals surface area (Å²) in [6.07, 6.45) is -0.920. The average molecular weight is 528 g/mol. The second-order valence-electron chi connectivity index (χ2n) is 9.03. The second-order valence-corrected chi connectivity index (χ2v) is 11.4. The molecule has 2 fully saturated rings. The molecule has 0 radical (unpaired) electrons. The number of piperidine rings is 1. The van der Waals surface area contributed by atoms with Gasteiger partial charge in [0.2, 0.25) is 15.7 Å². The molecule has 1 amide bonds. The maximum Gasteiger partial charge on any atom is 0.272 e. The fourth-order valence-electron chi connectivity index (χ4n) is 4.67. The zero-order valence-corrected chi connectivity index (χ0v) is 20.8. The van der Waals surface area contributed by atoms with E-state index in [1.54, 1.807) is 12.1 Å². The summed E-state index contributed by atoms with van der Waals surface area (Å²) in [4.78, 5) is 14.6. The first-order chi connectivity index (χ1) is 16.6. The highest BCUT2D eigenvalue weighted by Crippen LogP contribution is 2.32. The summed E-state index contributed by atoms with van der Waals surface area (Å²) in [7, 11) is -1.98. The number of nitrogens with one attached hydrogen (secondary N) is 2. The predicted molar refractivity (Wildman–Crippen MR) is 128 cm³/mol.